The predicted octanol–water partition coefficient (Wildman–Crippen LogP) is 2.78. The molecule has 1 aliphatic carbocycles. The van der Waals surface area contributed by atoms with Gasteiger partial charge in [-0.05, 0) is 37.7 Å². The first kappa shape index (κ1) is 16.7. The van der Waals surface area contributed by atoms with Gasteiger partial charge in [0.25, 0.3) is 0 Å². The maximum absolute atomic E-state index is 14.6. The first-order chi connectivity index (χ1) is 11.9. The molecule has 4 aliphatic rings. The second-order valence-electron chi connectivity index (χ2n) is 8.08. The summed E-state index contributed by atoms with van der Waals surface area (Å²) in [6.07, 6.45) is 13.6. The Bertz CT molecular complexity index is 697. The van der Waals surface area contributed by atoms with Crippen LogP contribution in [0.25, 0.3) is 0 Å². The molecule has 0 aromatic rings. The Balaban J connectivity index is 1.49. The average Bonchev–Trinajstić information content (AvgIpc) is 3.18. The fourth-order valence-corrected chi connectivity index (χ4v) is 4.72. The van der Waals surface area contributed by atoms with Gasteiger partial charge in [-0.25, -0.2) is 4.39 Å². The van der Waals surface area contributed by atoms with Crippen molar-refractivity contribution in [2.24, 2.45) is 16.3 Å². The topological polar surface area (TPSA) is 44.7 Å². The first-order valence-electron chi connectivity index (χ1n) is 9.21. The zero-order valence-electron chi connectivity index (χ0n) is 14.9. The molecule has 0 radical (unpaired) electrons. The maximum Gasteiger partial charge on any atom is 0.242 e. The minimum Gasteiger partial charge on any atom is -0.344 e. The minimum atomic E-state index is -0.987. The van der Waals surface area contributed by atoms with Crippen LogP contribution in [0.3, 0.4) is 0 Å². The van der Waals surface area contributed by atoms with Crippen molar-refractivity contribution in [1.82, 2.24) is 10.2 Å². The third kappa shape index (κ3) is 2.60. The van der Waals surface area contributed by atoms with Crippen LogP contribution in [0.2, 0.25) is 0 Å². The zero-order chi connectivity index (χ0) is 17.7. The quantitative estimate of drug-likeness (QED) is 0.838. The standard InChI is InChI=1S/C20H26FN3O/c1-19(8-4-3-5-17(19)21)14-7-11-22-16(13-14)15-6-9-20(23-15)10-12-24(2)18(20)25/h3-5,7-8,11,14-15,17,23H,6,9-10,12-13H2,1-2H3/t14?,15-,17?,19?,20-/m0/s1. The summed E-state index contributed by atoms with van der Waals surface area (Å²) < 4.78 is 14.6. The van der Waals surface area contributed by atoms with Gasteiger partial charge in [0.15, 0.2) is 0 Å². The molecule has 0 saturated carbocycles. The van der Waals surface area contributed by atoms with Crippen LogP contribution >= 0.6 is 0 Å². The first-order valence-corrected chi connectivity index (χ1v) is 9.21. The molecule has 0 bridgehead atoms. The van der Waals surface area contributed by atoms with E-state index in [-0.39, 0.29) is 17.9 Å². The molecule has 2 fully saturated rings. The Labute approximate surface area is 148 Å². The third-order valence-corrected chi connectivity index (χ3v) is 6.57. The highest BCUT2D eigenvalue weighted by atomic mass is 19.1. The molecule has 0 aromatic carbocycles. The highest BCUT2D eigenvalue weighted by molar-refractivity contribution is 5.95. The lowest BCUT2D eigenvalue weighted by Gasteiger charge is -2.38. The smallest absolute Gasteiger partial charge is 0.242 e. The Morgan fingerprint density at radius 3 is 2.88 bits per heavy atom. The van der Waals surface area contributed by atoms with Gasteiger partial charge in [-0.1, -0.05) is 31.2 Å². The molecule has 1 spiro atoms. The monoisotopic (exact) mass is 343 g/mol. The predicted molar refractivity (Wildman–Crippen MR) is 97.1 cm³/mol. The van der Waals surface area contributed by atoms with E-state index in [1.807, 2.05) is 43.3 Å². The number of aliphatic imine (C=N–C) groups is 1. The van der Waals surface area contributed by atoms with Crippen molar-refractivity contribution in [3.63, 3.8) is 0 Å². The van der Waals surface area contributed by atoms with Gasteiger partial charge in [0.2, 0.25) is 5.91 Å². The number of nitrogens with one attached hydrogen (secondary N) is 1. The van der Waals surface area contributed by atoms with Crippen LogP contribution in [-0.4, -0.2) is 47.9 Å². The summed E-state index contributed by atoms with van der Waals surface area (Å²) >= 11 is 0. The number of halogens is 1. The molecule has 3 unspecified atom stereocenters. The van der Waals surface area contributed by atoms with Crippen molar-refractivity contribution in [3.8, 4) is 0 Å². The number of carbonyl (C=O) groups is 1. The van der Waals surface area contributed by atoms with Crippen molar-refractivity contribution < 1.29 is 9.18 Å². The second kappa shape index (κ2) is 5.90. The Morgan fingerprint density at radius 1 is 1.32 bits per heavy atom. The molecule has 5 heteroatoms. The van der Waals surface area contributed by atoms with Crippen LogP contribution in [0.4, 0.5) is 4.39 Å². The van der Waals surface area contributed by atoms with Gasteiger partial charge in [-0.2, -0.15) is 0 Å². The largest absolute Gasteiger partial charge is 0.344 e. The van der Waals surface area contributed by atoms with Crippen LogP contribution in [0.5, 0.6) is 0 Å². The second-order valence-corrected chi connectivity index (χ2v) is 8.08. The molecule has 3 aliphatic heterocycles. The van der Waals surface area contributed by atoms with E-state index in [0.717, 1.165) is 37.9 Å². The van der Waals surface area contributed by atoms with Gasteiger partial charge in [0.05, 0.1) is 0 Å². The average molecular weight is 343 g/mol. The van der Waals surface area contributed by atoms with Crippen LogP contribution in [-0.2, 0) is 4.79 Å². The molecule has 5 atom stereocenters. The SMILES string of the molecule is CN1CC[C@@]2(CC[C@@H](C3=NC=CC(C4(C)C=CC=CC4F)C3)N2)C1=O. The highest BCUT2D eigenvalue weighted by Crippen LogP contribution is 2.43. The Morgan fingerprint density at radius 2 is 2.16 bits per heavy atom. The lowest BCUT2D eigenvalue weighted by atomic mass is 9.68. The Hall–Kier alpha value is -1.75. The van der Waals surface area contributed by atoms with Gasteiger partial charge in [-0.15, -0.1) is 0 Å². The summed E-state index contributed by atoms with van der Waals surface area (Å²) in [4.78, 5) is 18.9. The fourth-order valence-electron chi connectivity index (χ4n) is 4.72. The number of likely N-dealkylation sites (N-methyl/N-ethyl adjacent to an activating group) is 1. The lowest BCUT2D eigenvalue weighted by molar-refractivity contribution is -0.131. The van der Waals surface area contributed by atoms with Crippen molar-refractivity contribution in [1.29, 1.82) is 0 Å². The van der Waals surface area contributed by atoms with Gasteiger partial charge in [0.1, 0.15) is 11.7 Å². The van der Waals surface area contributed by atoms with Gasteiger partial charge in [-0.3, -0.25) is 15.1 Å². The fraction of sp³-hybridized carbons (Fsp3) is 0.600. The number of hydrogen-bond donors (Lipinski definition) is 1. The van der Waals surface area contributed by atoms with E-state index < -0.39 is 17.1 Å². The number of hydrogen-bond acceptors (Lipinski definition) is 3. The molecule has 25 heavy (non-hydrogen) atoms. The molecule has 134 valence electrons. The molecule has 2 saturated heterocycles. The molecule has 1 N–H and O–H groups in total. The number of nitrogens with zero attached hydrogens (tertiary/aromatic N) is 2. The number of likely N-dealkylation sites (tertiary alicyclic amines) is 1. The van der Waals surface area contributed by atoms with Crippen molar-refractivity contribution in [2.75, 3.05) is 13.6 Å². The van der Waals surface area contributed by atoms with E-state index in [9.17, 15) is 9.18 Å². The van der Waals surface area contributed by atoms with Gasteiger partial charge < -0.3 is 4.90 Å². The van der Waals surface area contributed by atoms with Crippen molar-refractivity contribution in [3.05, 3.63) is 36.6 Å². The molecule has 3 heterocycles. The molecular formula is C20H26FN3O. The number of amides is 1. The zero-order valence-corrected chi connectivity index (χ0v) is 14.9. The molecule has 4 nitrogen and oxygen atoms in total. The summed E-state index contributed by atoms with van der Waals surface area (Å²) in [6, 6.07) is 0.118. The summed E-state index contributed by atoms with van der Waals surface area (Å²) in [6.45, 7) is 2.79. The van der Waals surface area contributed by atoms with E-state index in [2.05, 4.69) is 10.3 Å². The van der Waals surface area contributed by atoms with E-state index in [4.69, 9.17) is 0 Å². The van der Waals surface area contributed by atoms with Crippen molar-refractivity contribution in [2.45, 2.75) is 50.4 Å². The molecule has 4 rings (SSSR count). The molecule has 1 amide bonds. The number of carbonyl (C=O) groups excluding carboxylic acids is 1. The molecule has 0 aromatic heterocycles. The van der Waals surface area contributed by atoms with Crippen LogP contribution < -0.4 is 5.32 Å². The van der Waals surface area contributed by atoms with E-state index in [1.165, 1.54) is 0 Å². The highest BCUT2D eigenvalue weighted by Gasteiger charge is 2.51. The van der Waals surface area contributed by atoms with Crippen LogP contribution in [0.1, 0.15) is 32.6 Å². The third-order valence-electron chi connectivity index (χ3n) is 6.57. The number of allylic oxidation sites excluding steroid dienone is 5. The van der Waals surface area contributed by atoms with E-state index in [1.54, 1.807) is 12.2 Å². The lowest BCUT2D eigenvalue weighted by Crippen LogP contribution is -2.51. The van der Waals surface area contributed by atoms with Crippen LogP contribution in [0.15, 0.2) is 41.6 Å². The summed E-state index contributed by atoms with van der Waals surface area (Å²) in [7, 11) is 1.87. The number of rotatable bonds is 2. The maximum atomic E-state index is 14.6. The van der Waals surface area contributed by atoms with E-state index >= 15 is 0 Å². The normalized spacial score (nSPS) is 43.3. The van der Waals surface area contributed by atoms with Crippen molar-refractivity contribution >= 4 is 11.6 Å². The number of alkyl halides is 1. The van der Waals surface area contributed by atoms with Crippen LogP contribution in [0, 0.1) is 11.3 Å². The molecular weight excluding hydrogens is 317 g/mol. The minimum absolute atomic E-state index is 0.0801. The summed E-state index contributed by atoms with van der Waals surface area (Å²) in [5.41, 5.74) is 0.119. The summed E-state index contributed by atoms with van der Waals surface area (Å²) in [5.74, 6) is 0.283. The Kier molecular flexibility index (Phi) is 3.95. The summed E-state index contributed by atoms with van der Waals surface area (Å²) in [5, 5.41) is 3.58. The van der Waals surface area contributed by atoms with Gasteiger partial charge in [0, 0.05) is 37.0 Å². The van der Waals surface area contributed by atoms with E-state index in [0.29, 0.717) is 0 Å². The van der Waals surface area contributed by atoms with Gasteiger partial charge >= 0.3 is 0 Å².